The molecule has 1 atom stereocenters. The van der Waals surface area contributed by atoms with Crippen LogP contribution in [0.1, 0.15) is 47.9 Å². The summed E-state index contributed by atoms with van der Waals surface area (Å²) in [6, 6.07) is 13.0. The molecule has 8 heteroatoms. The third kappa shape index (κ3) is 3.64. The SMILES string of the molecule is O=C(COC(=O)C1(c2ccc(F)cc2)CCC1)N1N=C(c2cccs2)CC1c1ccco1. The fourth-order valence-electron chi connectivity index (χ4n) is 4.28. The molecule has 1 amide bonds. The minimum absolute atomic E-state index is 0.357. The van der Waals surface area contributed by atoms with Crippen LogP contribution < -0.4 is 0 Å². The lowest BCUT2D eigenvalue weighted by Gasteiger charge is -2.39. The summed E-state index contributed by atoms with van der Waals surface area (Å²) in [7, 11) is 0. The zero-order chi connectivity index (χ0) is 22.1. The number of benzene rings is 1. The van der Waals surface area contributed by atoms with Gasteiger partial charge in [-0.15, -0.1) is 11.3 Å². The summed E-state index contributed by atoms with van der Waals surface area (Å²) in [6.07, 6.45) is 4.19. The molecule has 2 aliphatic rings. The van der Waals surface area contributed by atoms with E-state index in [1.165, 1.54) is 17.1 Å². The molecule has 1 aromatic carbocycles. The molecular formula is C24H21FN2O4S. The van der Waals surface area contributed by atoms with Gasteiger partial charge >= 0.3 is 5.97 Å². The molecule has 1 aliphatic carbocycles. The molecule has 0 radical (unpaired) electrons. The van der Waals surface area contributed by atoms with E-state index in [0.29, 0.717) is 25.0 Å². The normalized spacial score (nSPS) is 19.3. The van der Waals surface area contributed by atoms with Gasteiger partial charge in [0.05, 0.1) is 22.3 Å². The molecule has 3 heterocycles. The number of thiophene rings is 1. The standard InChI is InChI=1S/C24H21FN2O4S/c25-17-8-6-16(7-9-17)24(10-3-11-24)23(29)31-15-22(28)27-19(20-4-1-12-30-20)14-18(26-27)21-5-2-13-32-21/h1-2,4-9,12-13,19H,3,10-11,14-15H2. The molecule has 0 N–H and O–H groups in total. The van der Waals surface area contributed by atoms with E-state index in [1.807, 2.05) is 23.6 Å². The molecule has 3 aromatic rings. The predicted octanol–water partition coefficient (Wildman–Crippen LogP) is 4.82. The average Bonchev–Trinajstić information content (AvgIpc) is 3.53. The molecular weight excluding hydrogens is 431 g/mol. The number of furan rings is 1. The Hall–Kier alpha value is -3.26. The fourth-order valence-corrected chi connectivity index (χ4v) is 5.00. The number of rotatable bonds is 6. The van der Waals surface area contributed by atoms with Crippen molar-refractivity contribution in [2.24, 2.45) is 5.10 Å². The third-order valence-electron chi connectivity index (χ3n) is 6.16. The molecule has 0 saturated heterocycles. The van der Waals surface area contributed by atoms with Crippen molar-refractivity contribution >= 4 is 28.9 Å². The average molecular weight is 453 g/mol. The van der Waals surface area contributed by atoms with Gasteiger partial charge in [-0.25, -0.2) is 9.40 Å². The molecule has 1 unspecified atom stereocenters. The number of nitrogens with zero attached hydrogens (tertiary/aromatic N) is 2. The molecule has 164 valence electrons. The summed E-state index contributed by atoms with van der Waals surface area (Å²) >= 11 is 1.55. The second-order valence-corrected chi connectivity index (χ2v) is 8.96. The van der Waals surface area contributed by atoms with Crippen LogP contribution in [0.5, 0.6) is 0 Å². The van der Waals surface area contributed by atoms with Crippen molar-refractivity contribution in [3.8, 4) is 0 Å². The van der Waals surface area contributed by atoms with Gasteiger partial charge in [-0.2, -0.15) is 5.10 Å². The molecule has 1 aliphatic heterocycles. The molecule has 1 fully saturated rings. The van der Waals surface area contributed by atoms with Gasteiger partial charge in [0, 0.05) is 6.42 Å². The van der Waals surface area contributed by atoms with E-state index < -0.39 is 23.9 Å². The lowest BCUT2D eigenvalue weighted by atomic mass is 9.64. The second kappa shape index (κ2) is 8.35. The zero-order valence-electron chi connectivity index (χ0n) is 17.2. The first-order valence-electron chi connectivity index (χ1n) is 10.5. The van der Waals surface area contributed by atoms with E-state index >= 15 is 0 Å². The second-order valence-electron chi connectivity index (χ2n) is 8.02. The number of carbonyl (C=O) groups is 2. The van der Waals surface area contributed by atoms with Crippen molar-refractivity contribution in [3.05, 3.63) is 82.2 Å². The van der Waals surface area contributed by atoms with Gasteiger partial charge in [0.25, 0.3) is 5.91 Å². The number of hydrogen-bond acceptors (Lipinski definition) is 6. The number of hydrazone groups is 1. The van der Waals surface area contributed by atoms with Gasteiger partial charge in [0.1, 0.15) is 17.6 Å². The van der Waals surface area contributed by atoms with Crippen molar-refractivity contribution in [2.45, 2.75) is 37.1 Å². The monoisotopic (exact) mass is 452 g/mol. The van der Waals surface area contributed by atoms with Crippen molar-refractivity contribution in [1.82, 2.24) is 5.01 Å². The van der Waals surface area contributed by atoms with Crippen LogP contribution in [0.25, 0.3) is 0 Å². The molecule has 0 spiro atoms. The fraction of sp³-hybridized carbons (Fsp3) is 0.292. The Morgan fingerprint density at radius 2 is 2.00 bits per heavy atom. The molecule has 2 aromatic heterocycles. The number of hydrogen-bond donors (Lipinski definition) is 0. The van der Waals surface area contributed by atoms with Crippen molar-refractivity contribution in [3.63, 3.8) is 0 Å². The first-order chi connectivity index (χ1) is 15.6. The maximum absolute atomic E-state index is 13.3. The minimum atomic E-state index is -0.815. The highest BCUT2D eigenvalue weighted by atomic mass is 32.1. The first-order valence-corrected chi connectivity index (χ1v) is 11.3. The van der Waals surface area contributed by atoms with Gasteiger partial charge in [-0.3, -0.25) is 9.59 Å². The van der Waals surface area contributed by atoms with Gasteiger partial charge in [-0.1, -0.05) is 24.6 Å². The Kier molecular flexibility index (Phi) is 5.38. The summed E-state index contributed by atoms with van der Waals surface area (Å²) in [6.45, 7) is -0.416. The Labute approximate surface area is 188 Å². The van der Waals surface area contributed by atoms with Gasteiger partial charge in [0.2, 0.25) is 0 Å². The van der Waals surface area contributed by atoms with Crippen molar-refractivity contribution in [1.29, 1.82) is 0 Å². The highest BCUT2D eigenvalue weighted by Crippen LogP contribution is 2.45. The van der Waals surface area contributed by atoms with Gasteiger partial charge in [0.15, 0.2) is 6.61 Å². The van der Waals surface area contributed by atoms with Crippen LogP contribution in [-0.2, 0) is 19.7 Å². The number of amides is 1. The highest BCUT2D eigenvalue weighted by Gasteiger charge is 2.47. The quantitative estimate of drug-likeness (QED) is 0.503. The molecule has 6 nitrogen and oxygen atoms in total. The summed E-state index contributed by atoms with van der Waals surface area (Å²) < 4.78 is 24.3. The van der Waals surface area contributed by atoms with Crippen LogP contribution in [0.2, 0.25) is 0 Å². The molecule has 5 rings (SSSR count). The van der Waals surface area contributed by atoms with Crippen LogP contribution in [0, 0.1) is 5.82 Å². The first kappa shape index (κ1) is 20.6. The Morgan fingerprint density at radius 3 is 2.62 bits per heavy atom. The summed E-state index contributed by atoms with van der Waals surface area (Å²) in [4.78, 5) is 27.0. The molecule has 0 bridgehead atoms. The number of ether oxygens (including phenoxy) is 1. The maximum Gasteiger partial charge on any atom is 0.317 e. The van der Waals surface area contributed by atoms with E-state index in [-0.39, 0.29) is 11.9 Å². The van der Waals surface area contributed by atoms with Crippen LogP contribution in [0.15, 0.2) is 69.7 Å². The zero-order valence-corrected chi connectivity index (χ0v) is 18.0. The Morgan fingerprint density at radius 1 is 1.19 bits per heavy atom. The van der Waals surface area contributed by atoms with Gasteiger partial charge in [-0.05, 0) is 54.1 Å². The number of esters is 1. The predicted molar refractivity (Wildman–Crippen MR) is 117 cm³/mol. The van der Waals surface area contributed by atoms with Crippen molar-refractivity contribution in [2.75, 3.05) is 6.61 Å². The Bertz CT molecular complexity index is 1140. The molecule has 32 heavy (non-hydrogen) atoms. The highest BCUT2D eigenvalue weighted by molar-refractivity contribution is 7.12. The van der Waals surface area contributed by atoms with Crippen LogP contribution in [-0.4, -0.2) is 29.2 Å². The number of halogens is 1. The largest absolute Gasteiger partial charge is 0.467 e. The van der Waals surface area contributed by atoms with E-state index in [4.69, 9.17) is 9.15 Å². The van der Waals surface area contributed by atoms with Crippen LogP contribution in [0.4, 0.5) is 4.39 Å². The minimum Gasteiger partial charge on any atom is -0.467 e. The third-order valence-corrected chi connectivity index (χ3v) is 7.08. The van der Waals surface area contributed by atoms with Crippen LogP contribution in [0.3, 0.4) is 0 Å². The smallest absolute Gasteiger partial charge is 0.317 e. The maximum atomic E-state index is 13.3. The van der Waals surface area contributed by atoms with E-state index in [1.54, 1.807) is 35.8 Å². The summed E-state index contributed by atoms with van der Waals surface area (Å²) in [5, 5.41) is 7.84. The van der Waals surface area contributed by atoms with Crippen LogP contribution >= 0.6 is 11.3 Å². The lowest BCUT2D eigenvalue weighted by Crippen LogP contribution is -2.45. The van der Waals surface area contributed by atoms with Gasteiger partial charge < -0.3 is 9.15 Å². The lowest BCUT2D eigenvalue weighted by molar-refractivity contribution is -0.160. The molecule has 1 saturated carbocycles. The number of carbonyl (C=O) groups excluding carboxylic acids is 2. The topological polar surface area (TPSA) is 72.1 Å². The van der Waals surface area contributed by atoms with Crippen molar-refractivity contribution < 1.29 is 23.1 Å². The van der Waals surface area contributed by atoms with E-state index in [2.05, 4.69) is 5.10 Å². The summed E-state index contributed by atoms with van der Waals surface area (Å²) in [5.74, 6) is -0.606. The Balaban J connectivity index is 1.31. The van der Waals surface area contributed by atoms with E-state index in [0.717, 1.165) is 22.6 Å². The summed E-state index contributed by atoms with van der Waals surface area (Å²) in [5.41, 5.74) is 0.697. The van der Waals surface area contributed by atoms with E-state index in [9.17, 15) is 14.0 Å².